The van der Waals surface area contributed by atoms with Gasteiger partial charge in [0.1, 0.15) is 23.9 Å². The first-order chi connectivity index (χ1) is 11.4. The molecular weight excluding hydrogens is 294 g/mol. The second-order valence-corrected chi connectivity index (χ2v) is 4.75. The van der Waals surface area contributed by atoms with E-state index >= 15 is 0 Å². The largest absolute Gasteiger partial charge is 0.491 e. The standard InChI is InChI=1S/C18H23NO4/c19-10-11-20-12-13-21-14-15-22-16-6-8-18(9-7-16)23-17-4-2-1-3-5-17/h1-9H,10-15,19H2. The molecular formula is C18H23NO4. The fourth-order valence-electron chi connectivity index (χ4n) is 1.85. The first-order valence-electron chi connectivity index (χ1n) is 7.70. The number of nitrogens with two attached hydrogens (primary N) is 1. The second kappa shape index (κ2) is 10.6. The number of ether oxygens (including phenoxy) is 4. The lowest BCUT2D eigenvalue weighted by molar-refractivity contribution is 0.0388. The molecule has 0 atom stereocenters. The molecule has 2 aromatic carbocycles. The minimum Gasteiger partial charge on any atom is -0.491 e. The molecule has 0 fully saturated rings. The van der Waals surface area contributed by atoms with E-state index in [9.17, 15) is 0 Å². The van der Waals surface area contributed by atoms with Crippen molar-refractivity contribution in [1.82, 2.24) is 0 Å². The van der Waals surface area contributed by atoms with Crippen LogP contribution in [0.2, 0.25) is 0 Å². The second-order valence-electron chi connectivity index (χ2n) is 4.75. The SMILES string of the molecule is NCCOCCOCCOc1ccc(Oc2ccccc2)cc1. The van der Waals surface area contributed by atoms with E-state index in [1.54, 1.807) is 0 Å². The summed E-state index contributed by atoms with van der Waals surface area (Å²) in [7, 11) is 0. The van der Waals surface area contributed by atoms with E-state index in [2.05, 4.69) is 0 Å². The fourth-order valence-corrected chi connectivity index (χ4v) is 1.85. The van der Waals surface area contributed by atoms with E-state index in [4.69, 9.17) is 24.7 Å². The van der Waals surface area contributed by atoms with Gasteiger partial charge in [0.2, 0.25) is 0 Å². The Morgan fingerprint density at radius 2 is 1.17 bits per heavy atom. The lowest BCUT2D eigenvalue weighted by Gasteiger charge is -2.09. The van der Waals surface area contributed by atoms with Crippen molar-refractivity contribution in [3.05, 3.63) is 54.6 Å². The summed E-state index contributed by atoms with van der Waals surface area (Å²) in [5.41, 5.74) is 5.31. The summed E-state index contributed by atoms with van der Waals surface area (Å²) in [5, 5.41) is 0. The summed E-state index contributed by atoms with van der Waals surface area (Å²) < 4.78 is 21.9. The summed E-state index contributed by atoms with van der Waals surface area (Å²) >= 11 is 0. The number of hydrogen-bond donors (Lipinski definition) is 1. The van der Waals surface area contributed by atoms with Gasteiger partial charge in [0.05, 0.1) is 26.4 Å². The van der Waals surface area contributed by atoms with Crippen LogP contribution in [0.3, 0.4) is 0 Å². The zero-order valence-electron chi connectivity index (χ0n) is 13.1. The predicted molar refractivity (Wildman–Crippen MR) is 89.1 cm³/mol. The molecule has 0 unspecified atom stereocenters. The molecule has 23 heavy (non-hydrogen) atoms. The number of hydrogen-bond acceptors (Lipinski definition) is 5. The molecule has 2 aromatic rings. The molecule has 0 heterocycles. The molecule has 5 heteroatoms. The van der Waals surface area contributed by atoms with Crippen molar-refractivity contribution >= 4 is 0 Å². The van der Waals surface area contributed by atoms with Gasteiger partial charge in [-0.05, 0) is 36.4 Å². The third-order valence-corrected chi connectivity index (χ3v) is 2.93. The van der Waals surface area contributed by atoms with Crippen molar-refractivity contribution in [1.29, 1.82) is 0 Å². The summed E-state index contributed by atoms with van der Waals surface area (Å²) in [5.74, 6) is 2.37. The Labute approximate surface area is 136 Å². The first-order valence-corrected chi connectivity index (χ1v) is 7.70. The van der Waals surface area contributed by atoms with Crippen LogP contribution in [0.4, 0.5) is 0 Å². The Hall–Kier alpha value is -2.08. The number of benzene rings is 2. The van der Waals surface area contributed by atoms with Crippen LogP contribution in [0.15, 0.2) is 54.6 Å². The van der Waals surface area contributed by atoms with Gasteiger partial charge in [-0.1, -0.05) is 18.2 Å². The third kappa shape index (κ3) is 7.15. The maximum Gasteiger partial charge on any atom is 0.127 e. The van der Waals surface area contributed by atoms with Crippen molar-refractivity contribution in [3.63, 3.8) is 0 Å². The van der Waals surface area contributed by atoms with Gasteiger partial charge in [0.25, 0.3) is 0 Å². The highest BCUT2D eigenvalue weighted by Gasteiger charge is 1.98. The molecule has 0 amide bonds. The van der Waals surface area contributed by atoms with Crippen LogP contribution < -0.4 is 15.2 Å². The third-order valence-electron chi connectivity index (χ3n) is 2.93. The Bertz CT molecular complexity index is 530. The summed E-state index contributed by atoms with van der Waals surface area (Å²) in [6.07, 6.45) is 0. The molecule has 0 aliphatic carbocycles. The summed E-state index contributed by atoms with van der Waals surface area (Å²) in [4.78, 5) is 0. The lowest BCUT2D eigenvalue weighted by Crippen LogP contribution is -2.14. The minimum absolute atomic E-state index is 0.496. The molecule has 0 aromatic heterocycles. The topological polar surface area (TPSA) is 62.9 Å². The van der Waals surface area contributed by atoms with Gasteiger partial charge in [0, 0.05) is 6.54 Å². The van der Waals surface area contributed by atoms with Crippen molar-refractivity contribution in [2.24, 2.45) is 5.73 Å². The zero-order chi connectivity index (χ0) is 16.2. The number of para-hydroxylation sites is 1. The van der Waals surface area contributed by atoms with Crippen LogP contribution >= 0.6 is 0 Å². The molecule has 2 N–H and O–H groups in total. The fraction of sp³-hybridized carbons (Fsp3) is 0.333. The molecule has 5 nitrogen and oxygen atoms in total. The molecule has 0 aliphatic heterocycles. The van der Waals surface area contributed by atoms with E-state index in [0.29, 0.717) is 39.6 Å². The smallest absolute Gasteiger partial charge is 0.127 e. The quantitative estimate of drug-likeness (QED) is 0.646. The monoisotopic (exact) mass is 317 g/mol. The van der Waals surface area contributed by atoms with Crippen LogP contribution in [-0.2, 0) is 9.47 Å². The van der Waals surface area contributed by atoms with Gasteiger partial charge in [-0.25, -0.2) is 0 Å². The zero-order valence-corrected chi connectivity index (χ0v) is 13.1. The Kier molecular flexibility index (Phi) is 7.97. The highest BCUT2D eigenvalue weighted by molar-refractivity contribution is 5.35. The van der Waals surface area contributed by atoms with E-state index in [-0.39, 0.29) is 0 Å². The lowest BCUT2D eigenvalue weighted by atomic mass is 10.3. The molecule has 2 rings (SSSR count). The Balaban J connectivity index is 1.61. The molecule has 0 saturated carbocycles. The van der Waals surface area contributed by atoms with E-state index in [0.717, 1.165) is 17.2 Å². The first kappa shape index (κ1) is 17.3. The molecule has 0 spiro atoms. The van der Waals surface area contributed by atoms with Crippen LogP contribution in [-0.4, -0.2) is 39.6 Å². The average molecular weight is 317 g/mol. The van der Waals surface area contributed by atoms with Gasteiger partial charge >= 0.3 is 0 Å². The minimum atomic E-state index is 0.496. The molecule has 0 bridgehead atoms. The van der Waals surface area contributed by atoms with Crippen molar-refractivity contribution in [2.45, 2.75) is 0 Å². The highest BCUT2D eigenvalue weighted by Crippen LogP contribution is 2.23. The normalized spacial score (nSPS) is 10.5. The Morgan fingerprint density at radius 3 is 1.87 bits per heavy atom. The van der Waals surface area contributed by atoms with Crippen LogP contribution in [0, 0.1) is 0 Å². The molecule has 0 saturated heterocycles. The van der Waals surface area contributed by atoms with Crippen molar-refractivity contribution in [3.8, 4) is 17.2 Å². The maximum absolute atomic E-state index is 5.72. The summed E-state index contributed by atoms with van der Waals surface area (Å²) in [6.45, 7) is 3.23. The van der Waals surface area contributed by atoms with Gasteiger partial charge in [0.15, 0.2) is 0 Å². The molecule has 0 radical (unpaired) electrons. The predicted octanol–water partition coefficient (Wildman–Crippen LogP) is 2.85. The highest BCUT2D eigenvalue weighted by atomic mass is 16.5. The maximum atomic E-state index is 5.72. The average Bonchev–Trinajstić information content (AvgIpc) is 2.60. The number of rotatable bonds is 11. The van der Waals surface area contributed by atoms with Gasteiger partial charge in [-0.15, -0.1) is 0 Å². The van der Waals surface area contributed by atoms with E-state index < -0.39 is 0 Å². The van der Waals surface area contributed by atoms with Crippen LogP contribution in [0.1, 0.15) is 0 Å². The molecule has 124 valence electrons. The van der Waals surface area contributed by atoms with E-state index in [1.807, 2.05) is 54.6 Å². The van der Waals surface area contributed by atoms with Crippen molar-refractivity contribution < 1.29 is 18.9 Å². The summed E-state index contributed by atoms with van der Waals surface area (Å²) in [6, 6.07) is 17.2. The van der Waals surface area contributed by atoms with Gasteiger partial charge in [-0.3, -0.25) is 0 Å². The Morgan fingerprint density at radius 1 is 0.609 bits per heavy atom. The van der Waals surface area contributed by atoms with Gasteiger partial charge in [-0.2, -0.15) is 0 Å². The van der Waals surface area contributed by atoms with Crippen LogP contribution in [0.25, 0.3) is 0 Å². The molecule has 0 aliphatic rings. The van der Waals surface area contributed by atoms with Gasteiger partial charge < -0.3 is 24.7 Å². The van der Waals surface area contributed by atoms with Crippen molar-refractivity contribution in [2.75, 3.05) is 39.6 Å². The van der Waals surface area contributed by atoms with E-state index in [1.165, 1.54) is 0 Å². The van der Waals surface area contributed by atoms with Crippen LogP contribution in [0.5, 0.6) is 17.2 Å².